The van der Waals surface area contributed by atoms with E-state index in [-0.39, 0.29) is 17.4 Å². The number of nitrogens with one attached hydrogen (secondary N) is 2. The third-order valence-electron chi connectivity index (χ3n) is 5.44. The Morgan fingerprint density at radius 3 is 2.56 bits per heavy atom. The molecule has 1 amide bonds. The van der Waals surface area contributed by atoms with Gasteiger partial charge in [0.05, 0.1) is 18.6 Å². The van der Waals surface area contributed by atoms with Gasteiger partial charge < -0.3 is 20.3 Å². The Hall–Kier alpha value is -2.24. The quantitative estimate of drug-likeness (QED) is 0.594. The maximum Gasteiger partial charge on any atom is 0.230 e. The van der Waals surface area contributed by atoms with E-state index in [0.29, 0.717) is 12.5 Å². The Morgan fingerprint density at radius 1 is 1.33 bits per heavy atom. The molecule has 1 atom stereocenters. The van der Waals surface area contributed by atoms with Crippen LogP contribution in [-0.2, 0) is 4.79 Å². The summed E-state index contributed by atoms with van der Waals surface area (Å²) in [5.74, 6) is 1.76. The van der Waals surface area contributed by atoms with Gasteiger partial charge >= 0.3 is 0 Å². The van der Waals surface area contributed by atoms with Gasteiger partial charge in [-0.3, -0.25) is 9.79 Å². The lowest BCUT2D eigenvalue weighted by atomic mass is 9.84. The molecule has 1 saturated carbocycles. The number of carbonyl (C=O) groups is 1. The molecule has 6 heteroatoms. The third kappa shape index (κ3) is 4.93. The molecule has 6 nitrogen and oxygen atoms in total. The summed E-state index contributed by atoms with van der Waals surface area (Å²) in [6, 6.07) is 6.18. The van der Waals surface area contributed by atoms with Gasteiger partial charge in [0.1, 0.15) is 5.75 Å². The lowest BCUT2D eigenvalue weighted by Crippen LogP contribution is -2.49. The minimum atomic E-state index is -0.328. The van der Waals surface area contributed by atoms with Gasteiger partial charge in [-0.05, 0) is 32.8 Å². The zero-order valence-corrected chi connectivity index (χ0v) is 17.6. The summed E-state index contributed by atoms with van der Waals surface area (Å²) in [6.07, 6.45) is 4.05. The van der Waals surface area contributed by atoms with Gasteiger partial charge in [0.15, 0.2) is 5.96 Å². The van der Waals surface area contributed by atoms with Gasteiger partial charge in [-0.15, -0.1) is 0 Å². The molecule has 0 spiro atoms. The van der Waals surface area contributed by atoms with Gasteiger partial charge in [-0.2, -0.15) is 0 Å². The maximum atomic E-state index is 12.7. The molecule has 0 aromatic heterocycles. The summed E-state index contributed by atoms with van der Waals surface area (Å²) in [5, 5.41) is 6.82. The summed E-state index contributed by atoms with van der Waals surface area (Å²) in [7, 11) is 7.11. The first-order chi connectivity index (χ1) is 12.8. The van der Waals surface area contributed by atoms with Gasteiger partial charge in [-0.25, -0.2) is 0 Å². The summed E-state index contributed by atoms with van der Waals surface area (Å²) in [6.45, 7) is 4.75. The van der Waals surface area contributed by atoms with Crippen molar-refractivity contribution in [2.24, 2.45) is 10.4 Å². The molecule has 1 fully saturated rings. The SMILES string of the molecule is CN=C(NCC1(C(=O)N(C)C)CCCC1)NC(C)c1cc(C)ccc1OC. The molecule has 0 heterocycles. The van der Waals surface area contributed by atoms with Gasteiger partial charge in [0, 0.05) is 33.3 Å². The first-order valence-corrected chi connectivity index (χ1v) is 9.66. The first-order valence-electron chi connectivity index (χ1n) is 9.66. The van der Waals surface area contributed by atoms with E-state index in [0.717, 1.165) is 37.0 Å². The average molecular weight is 375 g/mol. The predicted molar refractivity (Wildman–Crippen MR) is 110 cm³/mol. The number of ether oxygens (including phenoxy) is 1. The fourth-order valence-electron chi connectivity index (χ4n) is 3.91. The molecule has 27 heavy (non-hydrogen) atoms. The molecule has 1 aromatic rings. The van der Waals surface area contributed by atoms with Crippen molar-refractivity contribution in [1.82, 2.24) is 15.5 Å². The van der Waals surface area contributed by atoms with Crippen molar-refractivity contribution in [3.63, 3.8) is 0 Å². The van der Waals surface area contributed by atoms with Crippen molar-refractivity contribution in [1.29, 1.82) is 0 Å². The zero-order chi connectivity index (χ0) is 20.0. The molecular weight excluding hydrogens is 340 g/mol. The van der Waals surface area contributed by atoms with Crippen molar-refractivity contribution >= 4 is 11.9 Å². The van der Waals surface area contributed by atoms with E-state index in [4.69, 9.17) is 4.74 Å². The van der Waals surface area contributed by atoms with Crippen LogP contribution in [-0.4, -0.2) is 51.6 Å². The Kier molecular flexibility index (Phi) is 7.11. The highest BCUT2D eigenvalue weighted by atomic mass is 16.5. The van der Waals surface area contributed by atoms with E-state index in [2.05, 4.69) is 35.5 Å². The van der Waals surface area contributed by atoms with Crippen LogP contribution in [0.5, 0.6) is 5.75 Å². The second kappa shape index (κ2) is 9.11. The van der Waals surface area contributed by atoms with Crippen LogP contribution in [0.15, 0.2) is 23.2 Å². The van der Waals surface area contributed by atoms with E-state index < -0.39 is 0 Å². The summed E-state index contributed by atoms with van der Waals surface area (Å²) >= 11 is 0. The van der Waals surface area contributed by atoms with E-state index >= 15 is 0 Å². The van der Waals surface area contributed by atoms with Crippen LogP contribution >= 0.6 is 0 Å². The Bertz CT molecular complexity index is 679. The highest BCUT2D eigenvalue weighted by molar-refractivity contribution is 5.85. The maximum absolute atomic E-state index is 12.7. The number of methoxy groups -OCH3 is 1. The molecule has 1 aliphatic carbocycles. The number of hydrogen-bond acceptors (Lipinski definition) is 3. The number of rotatable bonds is 6. The molecule has 2 rings (SSSR count). The minimum Gasteiger partial charge on any atom is -0.496 e. The average Bonchev–Trinajstić information content (AvgIpc) is 3.14. The highest BCUT2D eigenvalue weighted by Crippen LogP contribution is 2.39. The normalized spacial score (nSPS) is 17.3. The first kappa shape index (κ1) is 21.1. The van der Waals surface area contributed by atoms with E-state index in [1.165, 1.54) is 5.56 Å². The topological polar surface area (TPSA) is 66.0 Å². The molecule has 0 radical (unpaired) electrons. The molecule has 2 N–H and O–H groups in total. The smallest absolute Gasteiger partial charge is 0.230 e. The number of aryl methyl sites for hydroxylation is 1. The monoisotopic (exact) mass is 374 g/mol. The summed E-state index contributed by atoms with van der Waals surface area (Å²) in [5.41, 5.74) is 1.94. The van der Waals surface area contributed by atoms with Crippen LogP contribution in [0.4, 0.5) is 0 Å². The second-order valence-corrected chi connectivity index (χ2v) is 7.72. The van der Waals surface area contributed by atoms with Crippen molar-refractivity contribution in [3.8, 4) is 5.75 Å². The Morgan fingerprint density at radius 2 is 2.00 bits per heavy atom. The lowest BCUT2D eigenvalue weighted by Gasteiger charge is -2.32. The molecule has 150 valence electrons. The number of amides is 1. The van der Waals surface area contributed by atoms with Crippen molar-refractivity contribution < 1.29 is 9.53 Å². The van der Waals surface area contributed by atoms with Crippen LogP contribution in [0.25, 0.3) is 0 Å². The molecule has 1 unspecified atom stereocenters. The number of aliphatic imine (C=N–C) groups is 1. The number of hydrogen-bond donors (Lipinski definition) is 2. The second-order valence-electron chi connectivity index (χ2n) is 7.72. The van der Waals surface area contributed by atoms with Crippen LogP contribution in [0.1, 0.15) is 49.8 Å². The van der Waals surface area contributed by atoms with Crippen molar-refractivity contribution in [2.45, 2.75) is 45.6 Å². The summed E-state index contributed by atoms with van der Waals surface area (Å²) in [4.78, 5) is 18.8. The molecule has 1 aromatic carbocycles. The molecule has 0 aliphatic heterocycles. The number of guanidine groups is 1. The van der Waals surface area contributed by atoms with Gasteiger partial charge in [0.25, 0.3) is 0 Å². The minimum absolute atomic E-state index is 0.0233. The predicted octanol–water partition coefficient (Wildman–Crippen LogP) is 2.88. The highest BCUT2D eigenvalue weighted by Gasteiger charge is 2.42. The largest absolute Gasteiger partial charge is 0.496 e. The van der Waals surface area contributed by atoms with Crippen molar-refractivity contribution in [2.75, 3.05) is 34.8 Å². The van der Waals surface area contributed by atoms with E-state index in [1.807, 2.05) is 26.2 Å². The number of benzene rings is 1. The molecule has 0 bridgehead atoms. The fraction of sp³-hybridized carbons (Fsp3) is 0.619. The van der Waals surface area contributed by atoms with Crippen LogP contribution in [0, 0.1) is 12.3 Å². The zero-order valence-electron chi connectivity index (χ0n) is 17.6. The Balaban J connectivity index is 2.07. The standard InChI is InChI=1S/C21H34N4O2/c1-15-9-10-18(27-6)17(13-15)16(2)24-20(22-3)23-14-21(11-7-8-12-21)19(26)25(4)5/h9-10,13,16H,7-8,11-12,14H2,1-6H3,(H2,22,23,24). The van der Waals surface area contributed by atoms with Gasteiger partial charge in [0.2, 0.25) is 5.91 Å². The number of carbonyl (C=O) groups excluding carboxylic acids is 1. The van der Waals surface area contributed by atoms with Crippen LogP contribution in [0.2, 0.25) is 0 Å². The van der Waals surface area contributed by atoms with Crippen LogP contribution < -0.4 is 15.4 Å². The number of nitrogens with zero attached hydrogens (tertiary/aromatic N) is 2. The van der Waals surface area contributed by atoms with E-state index in [1.54, 1.807) is 19.1 Å². The molecular formula is C21H34N4O2. The van der Waals surface area contributed by atoms with Crippen molar-refractivity contribution in [3.05, 3.63) is 29.3 Å². The molecule has 0 saturated heterocycles. The van der Waals surface area contributed by atoms with E-state index in [9.17, 15) is 4.79 Å². The molecule has 1 aliphatic rings. The summed E-state index contributed by atoms with van der Waals surface area (Å²) < 4.78 is 5.50. The fourth-order valence-corrected chi connectivity index (χ4v) is 3.91. The third-order valence-corrected chi connectivity index (χ3v) is 5.44. The van der Waals surface area contributed by atoms with Gasteiger partial charge in [-0.1, -0.05) is 30.5 Å². The Labute approximate surface area is 163 Å². The lowest BCUT2D eigenvalue weighted by molar-refractivity contribution is -0.138. The van der Waals surface area contributed by atoms with Crippen LogP contribution in [0.3, 0.4) is 0 Å².